The second kappa shape index (κ2) is 7.58. The van der Waals surface area contributed by atoms with Gasteiger partial charge in [-0.25, -0.2) is 0 Å². The number of hydrogen-bond acceptors (Lipinski definition) is 5. The minimum absolute atomic E-state index is 0.0138. The van der Waals surface area contributed by atoms with Crippen molar-refractivity contribution >= 4 is 11.8 Å². The fraction of sp³-hybridized carbons (Fsp3) is 0.429. The van der Waals surface area contributed by atoms with Crippen molar-refractivity contribution in [1.82, 2.24) is 10.2 Å². The summed E-state index contributed by atoms with van der Waals surface area (Å²) >= 11 is 0. The first-order valence-corrected chi connectivity index (χ1v) is 9.45. The van der Waals surface area contributed by atoms with E-state index in [0.717, 1.165) is 18.4 Å². The van der Waals surface area contributed by atoms with Crippen LogP contribution in [-0.4, -0.2) is 50.1 Å². The van der Waals surface area contributed by atoms with E-state index in [1.165, 1.54) is 6.26 Å². The third-order valence-corrected chi connectivity index (χ3v) is 5.44. The average molecular weight is 384 g/mol. The summed E-state index contributed by atoms with van der Waals surface area (Å²) in [5, 5.41) is 3.08. The third kappa shape index (κ3) is 3.56. The smallest absolute Gasteiger partial charge is 0.289 e. The van der Waals surface area contributed by atoms with Crippen molar-refractivity contribution in [2.75, 3.05) is 27.3 Å². The molecule has 2 amide bonds. The lowest BCUT2D eigenvalue weighted by Gasteiger charge is -2.20. The van der Waals surface area contributed by atoms with Gasteiger partial charge in [-0.15, -0.1) is 0 Å². The lowest BCUT2D eigenvalue weighted by atomic mass is 9.87. The molecule has 1 aromatic carbocycles. The Hall–Kier alpha value is -2.96. The lowest BCUT2D eigenvalue weighted by molar-refractivity contribution is -0.125. The molecule has 0 unspecified atom stereocenters. The molecule has 1 saturated heterocycles. The Morgan fingerprint density at radius 3 is 2.61 bits per heavy atom. The number of carbonyl (C=O) groups excluding carboxylic acids is 2. The molecule has 7 nitrogen and oxygen atoms in total. The van der Waals surface area contributed by atoms with E-state index >= 15 is 0 Å². The van der Waals surface area contributed by atoms with Gasteiger partial charge in [0, 0.05) is 36.7 Å². The summed E-state index contributed by atoms with van der Waals surface area (Å²) < 4.78 is 16.1. The molecular weight excluding hydrogens is 360 g/mol. The van der Waals surface area contributed by atoms with Crippen LogP contribution in [0.4, 0.5) is 0 Å². The zero-order valence-corrected chi connectivity index (χ0v) is 16.0. The molecule has 1 N–H and O–H groups in total. The molecule has 28 heavy (non-hydrogen) atoms. The van der Waals surface area contributed by atoms with Gasteiger partial charge in [0.15, 0.2) is 5.76 Å². The lowest BCUT2D eigenvalue weighted by Crippen LogP contribution is -2.36. The van der Waals surface area contributed by atoms with E-state index in [0.29, 0.717) is 24.6 Å². The fourth-order valence-corrected chi connectivity index (χ4v) is 3.77. The Labute approximate surface area is 163 Å². The van der Waals surface area contributed by atoms with Crippen LogP contribution in [0.25, 0.3) is 0 Å². The fourth-order valence-electron chi connectivity index (χ4n) is 3.77. The van der Waals surface area contributed by atoms with Crippen LogP contribution in [0.15, 0.2) is 41.0 Å². The summed E-state index contributed by atoms with van der Waals surface area (Å²) in [6, 6.07) is 9.17. The number of methoxy groups -OCH3 is 2. The van der Waals surface area contributed by atoms with Gasteiger partial charge in [-0.05, 0) is 31.0 Å². The molecular formula is C21H24N2O5. The average Bonchev–Trinajstić information content (AvgIpc) is 3.21. The van der Waals surface area contributed by atoms with Crippen molar-refractivity contribution in [3.05, 3.63) is 47.9 Å². The van der Waals surface area contributed by atoms with Crippen LogP contribution in [0.5, 0.6) is 11.5 Å². The molecule has 1 aromatic heterocycles. The highest BCUT2D eigenvalue weighted by molar-refractivity contribution is 5.93. The predicted molar refractivity (Wildman–Crippen MR) is 102 cm³/mol. The molecule has 2 heterocycles. The molecule has 2 atom stereocenters. The van der Waals surface area contributed by atoms with Gasteiger partial charge < -0.3 is 24.1 Å². The van der Waals surface area contributed by atoms with Gasteiger partial charge >= 0.3 is 0 Å². The van der Waals surface area contributed by atoms with Crippen molar-refractivity contribution in [1.29, 1.82) is 0 Å². The summed E-state index contributed by atoms with van der Waals surface area (Å²) in [4.78, 5) is 27.4. The normalized spacial score (nSPS) is 21.4. The van der Waals surface area contributed by atoms with Crippen LogP contribution in [-0.2, 0) is 4.79 Å². The van der Waals surface area contributed by atoms with Crippen molar-refractivity contribution < 1.29 is 23.5 Å². The number of amides is 2. The zero-order chi connectivity index (χ0) is 19.7. The first-order valence-electron chi connectivity index (χ1n) is 9.45. The van der Waals surface area contributed by atoms with Crippen LogP contribution >= 0.6 is 0 Å². The molecule has 2 aliphatic rings. The Bertz CT molecular complexity index is 860. The van der Waals surface area contributed by atoms with Gasteiger partial charge in [0.25, 0.3) is 5.91 Å². The van der Waals surface area contributed by atoms with E-state index in [2.05, 4.69) is 5.32 Å². The van der Waals surface area contributed by atoms with Crippen LogP contribution in [0, 0.1) is 5.92 Å². The van der Waals surface area contributed by atoms with Gasteiger partial charge in [-0.3, -0.25) is 9.59 Å². The Balaban J connectivity index is 1.63. The summed E-state index contributed by atoms with van der Waals surface area (Å²) in [5.74, 6) is 0.885. The minimum atomic E-state index is -0.346. The number of likely N-dealkylation sites (tertiary alicyclic amines) is 1. The monoisotopic (exact) mass is 384 g/mol. The van der Waals surface area contributed by atoms with Crippen LogP contribution in [0.3, 0.4) is 0 Å². The van der Waals surface area contributed by atoms with Crippen molar-refractivity contribution in [2.45, 2.75) is 24.8 Å². The summed E-state index contributed by atoms with van der Waals surface area (Å²) in [6.45, 7) is 0.767. The zero-order valence-electron chi connectivity index (χ0n) is 16.0. The second-order valence-corrected chi connectivity index (χ2v) is 7.29. The Morgan fingerprint density at radius 2 is 1.96 bits per heavy atom. The van der Waals surface area contributed by atoms with E-state index in [9.17, 15) is 9.59 Å². The second-order valence-electron chi connectivity index (χ2n) is 7.29. The van der Waals surface area contributed by atoms with E-state index < -0.39 is 0 Å². The maximum atomic E-state index is 12.9. The minimum Gasteiger partial charge on any atom is -0.497 e. The topological polar surface area (TPSA) is 81.0 Å². The van der Waals surface area contributed by atoms with Crippen molar-refractivity contribution in [2.24, 2.45) is 5.92 Å². The predicted octanol–water partition coefficient (Wildman–Crippen LogP) is 2.43. The van der Waals surface area contributed by atoms with Crippen molar-refractivity contribution in [3.63, 3.8) is 0 Å². The number of nitrogens with zero attached hydrogens (tertiary/aromatic N) is 1. The third-order valence-electron chi connectivity index (χ3n) is 5.44. The van der Waals surface area contributed by atoms with E-state index in [1.807, 2.05) is 18.2 Å². The number of ether oxygens (including phenoxy) is 2. The van der Waals surface area contributed by atoms with Crippen molar-refractivity contribution in [3.8, 4) is 11.5 Å². The van der Waals surface area contributed by atoms with Gasteiger partial charge in [0.05, 0.1) is 26.4 Å². The molecule has 2 aromatic rings. The molecule has 7 heteroatoms. The molecule has 0 bridgehead atoms. The quantitative estimate of drug-likeness (QED) is 0.827. The molecule has 1 aliphatic heterocycles. The van der Waals surface area contributed by atoms with Gasteiger partial charge in [0.2, 0.25) is 5.91 Å². The first-order chi connectivity index (χ1) is 13.6. The SMILES string of the molecule is COc1ccc([C@@H]2CN(C(=O)c3ccco3)C[C@H]2C(=O)NC2CC2)c(OC)c1. The van der Waals surface area contributed by atoms with Crippen LogP contribution < -0.4 is 14.8 Å². The summed E-state index contributed by atoms with van der Waals surface area (Å²) in [7, 11) is 3.19. The van der Waals surface area contributed by atoms with Gasteiger partial charge in [-0.2, -0.15) is 0 Å². The standard InChI is InChI=1S/C21H24N2O5/c1-26-14-7-8-15(19(10-14)27-2)16-11-23(21(25)18-4-3-9-28-18)12-17(16)20(24)22-13-5-6-13/h3-4,7-10,13,16-17H,5-6,11-12H2,1-2H3,(H,22,24)/t16-,17+/m0/s1. The number of hydrogen-bond donors (Lipinski definition) is 1. The molecule has 2 fully saturated rings. The van der Waals surface area contributed by atoms with Gasteiger partial charge in [0.1, 0.15) is 11.5 Å². The number of nitrogens with one attached hydrogen (secondary N) is 1. The molecule has 0 spiro atoms. The first kappa shape index (κ1) is 18.4. The summed E-state index contributed by atoms with van der Waals surface area (Å²) in [5.41, 5.74) is 0.897. The largest absolute Gasteiger partial charge is 0.497 e. The van der Waals surface area contributed by atoms with Gasteiger partial charge in [-0.1, -0.05) is 6.07 Å². The van der Waals surface area contributed by atoms with E-state index in [1.54, 1.807) is 31.3 Å². The highest BCUT2D eigenvalue weighted by atomic mass is 16.5. The van der Waals surface area contributed by atoms with E-state index in [4.69, 9.17) is 13.9 Å². The Morgan fingerprint density at radius 1 is 1.14 bits per heavy atom. The number of furan rings is 1. The number of rotatable bonds is 6. The number of benzene rings is 1. The highest BCUT2D eigenvalue weighted by Gasteiger charge is 2.43. The molecule has 0 radical (unpaired) electrons. The highest BCUT2D eigenvalue weighted by Crippen LogP contribution is 2.40. The number of carbonyl (C=O) groups is 2. The summed E-state index contributed by atoms with van der Waals surface area (Å²) in [6.07, 6.45) is 3.51. The molecule has 1 aliphatic carbocycles. The molecule has 1 saturated carbocycles. The molecule has 148 valence electrons. The molecule has 4 rings (SSSR count). The van der Waals surface area contributed by atoms with Crippen LogP contribution in [0.1, 0.15) is 34.9 Å². The van der Waals surface area contributed by atoms with Crippen LogP contribution in [0.2, 0.25) is 0 Å². The van der Waals surface area contributed by atoms with E-state index in [-0.39, 0.29) is 35.5 Å². The maximum Gasteiger partial charge on any atom is 0.289 e. The maximum absolute atomic E-state index is 12.9. The Kier molecular flexibility index (Phi) is 4.98.